The van der Waals surface area contributed by atoms with E-state index in [1.165, 1.54) is 12.5 Å². The molecule has 1 aliphatic rings. The van der Waals surface area contributed by atoms with Gasteiger partial charge in [-0.2, -0.15) is 0 Å². The van der Waals surface area contributed by atoms with Gasteiger partial charge < -0.3 is 9.84 Å². The molecule has 0 aliphatic heterocycles. The maximum Gasteiger partial charge on any atom is 0.341 e. The summed E-state index contributed by atoms with van der Waals surface area (Å²) in [6, 6.07) is 3.14. The summed E-state index contributed by atoms with van der Waals surface area (Å²) >= 11 is 0. The summed E-state index contributed by atoms with van der Waals surface area (Å²) in [6.45, 7) is 6.68. The number of rotatable bonds is 3. The van der Waals surface area contributed by atoms with Crippen LogP contribution in [0.3, 0.4) is 0 Å². The first-order valence-electron chi connectivity index (χ1n) is 6.72. The number of aromatic carboxylic acids is 1. The topological polar surface area (TPSA) is 59.4 Å². The Labute approximate surface area is 113 Å². The molecule has 2 atom stereocenters. The van der Waals surface area contributed by atoms with Gasteiger partial charge >= 0.3 is 5.97 Å². The van der Waals surface area contributed by atoms with Crippen LogP contribution in [0.1, 0.15) is 50.4 Å². The summed E-state index contributed by atoms with van der Waals surface area (Å²) in [7, 11) is 0. The van der Waals surface area contributed by atoms with Crippen molar-refractivity contribution in [1.82, 2.24) is 4.98 Å². The van der Waals surface area contributed by atoms with E-state index in [4.69, 9.17) is 9.84 Å². The second-order valence-corrected chi connectivity index (χ2v) is 6.31. The smallest absolute Gasteiger partial charge is 0.341 e. The van der Waals surface area contributed by atoms with E-state index in [0.29, 0.717) is 5.92 Å². The monoisotopic (exact) mass is 263 g/mol. The summed E-state index contributed by atoms with van der Waals surface area (Å²) in [5.41, 5.74) is 0.374. The van der Waals surface area contributed by atoms with Crippen molar-refractivity contribution in [3.05, 3.63) is 23.9 Å². The molecular formula is C15H21NO3. The second-order valence-electron chi connectivity index (χ2n) is 6.31. The molecule has 1 aromatic rings. The summed E-state index contributed by atoms with van der Waals surface area (Å²) in [5.74, 6) is -0.165. The number of pyridine rings is 1. The van der Waals surface area contributed by atoms with Crippen LogP contribution in [0.15, 0.2) is 18.3 Å². The zero-order valence-corrected chi connectivity index (χ0v) is 11.7. The van der Waals surface area contributed by atoms with Crippen LogP contribution in [-0.4, -0.2) is 22.2 Å². The maximum atomic E-state index is 11.1. The van der Waals surface area contributed by atoms with Crippen molar-refractivity contribution in [2.45, 2.75) is 46.1 Å². The zero-order chi connectivity index (χ0) is 14.0. The van der Waals surface area contributed by atoms with Gasteiger partial charge in [-0.05, 0) is 42.7 Å². The van der Waals surface area contributed by atoms with Crippen LogP contribution in [0.2, 0.25) is 0 Å². The number of hydrogen-bond donors (Lipinski definition) is 1. The van der Waals surface area contributed by atoms with Crippen molar-refractivity contribution in [2.24, 2.45) is 11.3 Å². The summed E-state index contributed by atoms with van der Waals surface area (Å²) in [6.07, 6.45) is 4.69. The van der Waals surface area contributed by atoms with Gasteiger partial charge in [0.15, 0.2) is 0 Å². The highest BCUT2D eigenvalue weighted by Crippen LogP contribution is 2.40. The Morgan fingerprint density at radius 2 is 2.21 bits per heavy atom. The molecule has 19 heavy (non-hydrogen) atoms. The molecule has 104 valence electrons. The maximum absolute atomic E-state index is 11.1. The lowest BCUT2D eigenvalue weighted by atomic mass is 9.71. The van der Waals surface area contributed by atoms with Crippen LogP contribution in [0.25, 0.3) is 0 Å². The average molecular weight is 263 g/mol. The van der Waals surface area contributed by atoms with Crippen LogP contribution in [0.4, 0.5) is 0 Å². The molecule has 0 radical (unpaired) electrons. The molecule has 0 aromatic carbocycles. The fraction of sp³-hybridized carbons (Fsp3) is 0.600. The van der Waals surface area contributed by atoms with Crippen molar-refractivity contribution in [3.8, 4) is 5.88 Å². The van der Waals surface area contributed by atoms with Gasteiger partial charge in [0.05, 0.1) is 0 Å². The first-order valence-corrected chi connectivity index (χ1v) is 6.72. The van der Waals surface area contributed by atoms with E-state index in [-0.39, 0.29) is 23.0 Å². The third-order valence-corrected chi connectivity index (χ3v) is 3.63. The van der Waals surface area contributed by atoms with Crippen LogP contribution < -0.4 is 4.74 Å². The Morgan fingerprint density at radius 1 is 1.47 bits per heavy atom. The fourth-order valence-corrected chi connectivity index (χ4v) is 3.15. The quantitative estimate of drug-likeness (QED) is 0.908. The number of aromatic nitrogens is 1. The van der Waals surface area contributed by atoms with Gasteiger partial charge in [0.25, 0.3) is 0 Å². The first-order chi connectivity index (χ1) is 8.87. The molecular weight excluding hydrogens is 242 g/mol. The highest BCUT2D eigenvalue weighted by molar-refractivity contribution is 5.90. The van der Waals surface area contributed by atoms with Gasteiger partial charge in [-0.15, -0.1) is 0 Å². The SMILES string of the molecule is CC1CC(Oc2ncccc2C(=O)O)CC(C)(C)C1. The molecule has 1 aromatic heterocycles. The highest BCUT2D eigenvalue weighted by atomic mass is 16.5. The van der Waals surface area contributed by atoms with Crippen molar-refractivity contribution in [3.63, 3.8) is 0 Å². The fourth-order valence-electron chi connectivity index (χ4n) is 3.15. The molecule has 0 saturated heterocycles. The van der Waals surface area contributed by atoms with Gasteiger partial charge in [-0.25, -0.2) is 9.78 Å². The molecule has 0 amide bonds. The molecule has 2 rings (SSSR count). The largest absolute Gasteiger partial charge is 0.477 e. The lowest BCUT2D eigenvalue weighted by Gasteiger charge is -2.38. The van der Waals surface area contributed by atoms with Crippen LogP contribution in [-0.2, 0) is 0 Å². The van der Waals surface area contributed by atoms with Crippen molar-refractivity contribution >= 4 is 5.97 Å². The third-order valence-electron chi connectivity index (χ3n) is 3.63. The van der Waals surface area contributed by atoms with E-state index >= 15 is 0 Å². The van der Waals surface area contributed by atoms with E-state index in [9.17, 15) is 4.79 Å². The van der Waals surface area contributed by atoms with Gasteiger partial charge in [-0.1, -0.05) is 20.8 Å². The number of carbonyl (C=O) groups is 1. The molecule has 1 fully saturated rings. The predicted octanol–water partition coefficient (Wildman–Crippen LogP) is 3.37. The Bertz CT molecular complexity index is 470. The van der Waals surface area contributed by atoms with Gasteiger partial charge in [0.2, 0.25) is 5.88 Å². The number of carboxylic acid groups (broad SMARTS) is 1. The Morgan fingerprint density at radius 3 is 2.84 bits per heavy atom. The predicted molar refractivity (Wildman–Crippen MR) is 72.4 cm³/mol. The zero-order valence-electron chi connectivity index (χ0n) is 11.7. The lowest BCUT2D eigenvalue weighted by molar-refractivity contribution is 0.0504. The van der Waals surface area contributed by atoms with Gasteiger partial charge in [0, 0.05) is 6.20 Å². The summed E-state index contributed by atoms with van der Waals surface area (Å²) < 4.78 is 5.86. The normalized spacial score (nSPS) is 25.8. The Kier molecular flexibility index (Phi) is 3.78. The van der Waals surface area contributed by atoms with E-state index in [0.717, 1.165) is 12.8 Å². The molecule has 2 unspecified atom stereocenters. The minimum atomic E-state index is -0.994. The van der Waals surface area contributed by atoms with Crippen molar-refractivity contribution < 1.29 is 14.6 Å². The molecule has 1 aliphatic carbocycles. The van der Waals surface area contributed by atoms with Crippen molar-refractivity contribution in [1.29, 1.82) is 0 Å². The number of carboxylic acids is 1. The minimum Gasteiger partial charge on any atom is -0.477 e. The molecule has 0 spiro atoms. The average Bonchev–Trinajstić information content (AvgIpc) is 2.26. The Balaban J connectivity index is 2.15. The standard InChI is InChI=1S/C15H21NO3/c1-10-7-11(9-15(2,3)8-10)19-13-12(14(17)18)5-4-6-16-13/h4-6,10-11H,7-9H2,1-3H3,(H,17,18). The molecule has 1 heterocycles. The molecule has 4 heteroatoms. The molecule has 0 bridgehead atoms. The molecule has 4 nitrogen and oxygen atoms in total. The number of hydrogen-bond acceptors (Lipinski definition) is 3. The van der Waals surface area contributed by atoms with E-state index < -0.39 is 5.97 Å². The third kappa shape index (κ3) is 3.46. The second kappa shape index (κ2) is 5.19. The van der Waals surface area contributed by atoms with E-state index in [2.05, 4.69) is 25.8 Å². The number of nitrogens with zero attached hydrogens (tertiary/aromatic N) is 1. The van der Waals surface area contributed by atoms with Gasteiger partial charge in [-0.3, -0.25) is 0 Å². The highest BCUT2D eigenvalue weighted by Gasteiger charge is 2.33. The lowest BCUT2D eigenvalue weighted by Crippen LogP contribution is -2.34. The van der Waals surface area contributed by atoms with Crippen LogP contribution >= 0.6 is 0 Å². The van der Waals surface area contributed by atoms with E-state index in [1.54, 1.807) is 12.3 Å². The van der Waals surface area contributed by atoms with Gasteiger partial charge in [0.1, 0.15) is 11.7 Å². The van der Waals surface area contributed by atoms with Crippen molar-refractivity contribution in [2.75, 3.05) is 0 Å². The first kappa shape index (κ1) is 13.8. The molecule has 1 saturated carbocycles. The van der Waals surface area contributed by atoms with Crippen LogP contribution in [0, 0.1) is 11.3 Å². The van der Waals surface area contributed by atoms with E-state index in [1.807, 2.05) is 0 Å². The summed E-state index contributed by atoms with van der Waals surface area (Å²) in [4.78, 5) is 15.2. The minimum absolute atomic E-state index is 0.0479. The summed E-state index contributed by atoms with van der Waals surface area (Å²) in [5, 5.41) is 9.13. The van der Waals surface area contributed by atoms with Crippen LogP contribution in [0.5, 0.6) is 5.88 Å². The molecule has 1 N–H and O–H groups in total. The Hall–Kier alpha value is -1.58. The number of ether oxygens (including phenoxy) is 1.